The van der Waals surface area contributed by atoms with Crippen molar-refractivity contribution in [1.82, 2.24) is 9.62 Å². The SMILES string of the molecule is C#CCNS(=O)(=O)c1ccc(CCN(Cc2cc(Cl)ccc2OCCC)C(=O)CC(C=C)=NC=C)cc1. The van der Waals surface area contributed by atoms with E-state index < -0.39 is 10.0 Å². The van der Waals surface area contributed by atoms with Crippen LogP contribution in [0.2, 0.25) is 5.02 Å². The number of aliphatic imine (C=N–C) groups is 1. The molecule has 0 unspecified atom stereocenters. The number of ether oxygens (including phenoxy) is 1. The average molecular weight is 542 g/mol. The molecule has 0 heterocycles. The predicted octanol–water partition coefficient (Wildman–Crippen LogP) is 4.77. The molecular weight excluding hydrogens is 510 g/mol. The lowest BCUT2D eigenvalue weighted by Crippen LogP contribution is -2.33. The van der Waals surface area contributed by atoms with Gasteiger partial charge in [0.15, 0.2) is 0 Å². The Morgan fingerprint density at radius 3 is 2.59 bits per heavy atom. The first-order valence-corrected chi connectivity index (χ1v) is 13.6. The maximum atomic E-state index is 13.3. The number of carbonyl (C=O) groups is 1. The third-order valence-electron chi connectivity index (χ3n) is 5.29. The fraction of sp³-hybridized carbons (Fsp3) is 0.286. The van der Waals surface area contributed by atoms with Gasteiger partial charge in [0.25, 0.3) is 0 Å². The van der Waals surface area contributed by atoms with Crippen LogP contribution in [0, 0.1) is 12.3 Å². The molecule has 0 aliphatic carbocycles. The Balaban J connectivity index is 2.26. The Hall–Kier alpha value is -3.38. The molecule has 2 aromatic carbocycles. The Morgan fingerprint density at radius 2 is 1.97 bits per heavy atom. The van der Waals surface area contributed by atoms with Gasteiger partial charge in [-0.05, 0) is 54.8 Å². The molecule has 0 spiro atoms. The highest BCUT2D eigenvalue weighted by Gasteiger charge is 2.19. The number of hydrogen-bond donors (Lipinski definition) is 1. The zero-order chi connectivity index (χ0) is 27.3. The molecule has 0 fully saturated rings. The maximum absolute atomic E-state index is 13.3. The molecule has 7 nitrogen and oxygen atoms in total. The number of hydrogen-bond acceptors (Lipinski definition) is 5. The minimum absolute atomic E-state index is 0.0548. The second-order valence-electron chi connectivity index (χ2n) is 8.02. The van der Waals surface area contributed by atoms with E-state index >= 15 is 0 Å². The molecule has 2 aromatic rings. The number of carbonyl (C=O) groups excluding carboxylic acids is 1. The molecular formula is C28H32ClN3O4S. The van der Waals surface area contributed by atoms with E-state index in [1.165, 1.54) is 24.4 Å². The van der Waals surface area contributed by atoms with Crippen molar-refractivity contribution in [3.63, 3.8) is 0 Å². The number of halogens is 1. The molecule has 0 aliphatic heterocycles. The third-order valence-corrected chi connectivity index (χ3v) is 6.94. The first kappa shape index (κ1) is 29.8. The smallest absolute Gasteiger partial charge is 0.241 e. The number of sulfonamides is 1. The van der Waals surface area contributed by atoms with Crippen LogP contribution < -0.4 is 9.46 Å². The first-order chi connectivity index (χ1) is 17.7. The number of amides is 1. The van der Waals surface area contributed by atoms with E-state index in [1.807, 2.05) is 6.92 Å². The Bertz CT molecular complexity index is 1270. The van der Waals surface area contributed by atoms with Gasteiger partial charge in [0.1, 0.15) is 5.75 Å². The predicted molar refractivity (Wildman–Crippen MR) is 149 cm³/mol. The summed E-state index contributed by atoms with van der Waals surface area (Å²) in [4.78, 5) is 19.2. The van der Waals surface area contributed by atoms with Crippen LogP contribution in [0.15, 0.2) is 77.8 Å². The van der Waals surface area contributed by atoms with E-state index in [9.17, 15) is 13.2 Å². The highest BCUT2D eigenvalue weighted by molar-refractivity contribution is 7.89. The van der Waals surface area contributed by atoms with E-state index in [0.717, 1.165) is 17.5 Å². The summed E-state index contributed by atoms with van der Waals surface area (Å²) in [5.74, 6) is 2.76. The summed E-state index contributed by atoms with van der Waals surface area (Å²) < 4.78 is 32.7. The van der Waals surface area contributed by atoms with E-state index in [-0.39, 0.29) is 30.3 Å². The molecule has 1 amide bonds. The molecule has 1 N–H and O–H groups in total. The minimum atomic E-state index is -3.68. The topological polar surface area (TPSA) is 88.1 Å². The highest BCUT2D eigenvalue weighted by atomic mass is 35.5. The fourth-order valence-electron chi connectivity index (χ4n) is 3.40. The van der Waals surface area contributed by atoms with Gasteiger partial charge in [-0.3, -0.25) is 9.79 Å². The van der Waals surface area contributed by atoms with Crippen molar-refractivity contribution in [1.29, 1.82) is 0 Å². The first-order valence-electron chi connectivity index (χ1n) is 11.7. The molecule has 37 heavy (non-hydrogen) atoms. The van der Waals surface area contributed by atoms with E-state index in [4.69, 9.17) is 22.8 Å². The molecule has 196 valence electrons. The summed E-state index contributed by atoms with van der Waals surface area (Å²) in [5, 5.41) is 0.543. The Labute approximate surface area is 224 Å². The van der Waals surface area contributed by atoms with E-state index in [1.54, 1.807) is 35.2 Å². The standard InChI is InChI=1S/C28H32ClN3O4S/c1-5-16-31-37(34,35)26-12-9-22(10-13-26)15-17-32(28(33)20-25(7-3)30-8-4)21-23-19-24(29)11-14-27(23)36-18-6-2/h1,7-14,19,31H,3-4,6,15-18,20-21H2,2H3. The van der Waals surface area contributed by atoms with Crippen LogP contribution in [0.4, 0.5) is 0 Å². The summed E-state index contributed by atoms with van der Waals surface area (Å²) in [5.41, 5.74) is 2.16. The van der Waals surface area contributed by atoms with Gasteiger partial charge in [-0.1, -0.05) is 49.7 Å². The molecule has 0 saturated carbocycles. The molecule has 0 aliphatic rings. The van der Waals surface area contributed by atoms with Crippen LogP contribution in [0.3, 0.4) is 0 Å². The summed E-state index contributed by atoms with van der Waals surface area (Å²) in [6.07, 6.45) is 9.44. The van der Waals surface area contributed by atoms with Gasteiger partial charge in [0.05, 0.1) is 24.5 Å². The molecule has 2 rings (SSSR count). The summed E-state index contributed by atoms with van der Waals surface area (Å²) >= 11 is 6.25. The summed E-state index contributed by atoms with van der Waals surface area (Å²) in [6.45, 7) is 10.4. The molecule has 0 bridgehead atoms. The zero-order valence-corrected chi connectivity index (χ0v) is 22.5. The third kappa shape index (κ3) is 9.54. The lowest BCUT2D eigenvalue weighted by molar-refractivity contribution is -0.130. The van der Waals surface area contributed by atoms with Crippen LogP contribution >= 0.6 is 11.6 Å². The average Bonchev–Trinajstić information content (AvgIpc) is 2.89. The molecule has 0 saturated heterocycles. The van der Waals surface area contributed by atoms with Gasteiger partial charge >= 0.3 is 0 Å². The highest BCUT2D eigenvalue weighted by Crippen LogP contribution is 2.25. The van der Waals surface area contributed by atoms with Gasteiger partial charge in [-0.15, -0.1) is 6.42 Å². The van der Waals surface area contributed by atoms with Crippen molar-refractivity contribution in [2.24, 2.45) is 4.99 Å². The van der Waals surface area contributed by atoms with Crippen LogP contribution in [0.25, 0.3) is 0 Å². The summed E-state index contributed by atoms with van der Waals surface area (Å²) in [6, 6.07) is 11.8. The van der Waals surface area contributed by atoms with Crippen molar-refractivity contribution < 1.29 is 17.9 Å². The lowest BCUT2D eigenvalue weighted by Gasteiger charge is -2.24. The lowest BCUT2D eigenvalue weighted by atomic mass is 10.1. The normalized spacial score (nSPS) is 11.4. The molecule has 0 atom stereocenters. The number of benzene rings is 2. The number of nitrogens with one attached hydrogen (secondary N) is 1. The van der Waals surface area contributed by atoms with Crippen molar-refractivity contribution in [2.75, 3.05) is 19.7 Å². The van der Waals surface area contributed by atoms with Crippen LogP contribution in [-0.2, 0) is 27.8 Å². The van der Waals surface area contributed by atoms with Crippen LogP contribution in [0.5, 0.6) is 5.75 Å². The van der Waals surface area contributed by atoms with Gasteiger partial charge in [0, 0.05) is 35.6 Å². The van der Waals surface area contributed by atoms with Gasteiger partial charge < -0.3 is 9.64 Å². The maximum Gasteiger partial charge on any atom is 0.241 e. The van der Waals surface area contributed by atoms with Crippen molar-refractivity contribution in [2.45, 2.75) is 37.6 Å². The second kappa shape index (κ2) is 15.0. The van der Waals surface area contributed by atoms with Gasteiger partial charge in [0.2, 0.25) is 15.9 Å². The summed E-state index contributed by atoms with van der Waals surface area (Å²) in [7, 11) is -3.68. The van der Waals surface area contributed by atoms with Crippen molar-refractivity contribution >= 4 is 33.2 Å². The Morgan fingerprint density at radius 1 is 1.24 bits per heavy atom. The zero-order valence-electron chi connectivity index (χ0n) is 21.0. The minimum Gasteiger partial charge on any atom is -0.493 e. The number of allylic oxidation sites excluding steroid dienone is 1. The van der Waals surface area contributed by atoms with Crippen LogP contribution in [0.1, 0.15) is 30.9 Å². The number of terminal acetylenes is 1. The quantitative estimate of drug-likeness (QED) is 0.260. The Kier molecular flexibility index (Phi) is 12.1. The molecule has 0 aromatic heterocycles. The molecule has 9 heteroatoms. The largest absolute Gasteiger partial charge is 0.493 e. The van der Waals surface area contributed by atoms with E-state index in [0.29, 0.717) is 36.1 Å². The monoisotopic (exact) mass is 541 g/mol. The van der Waals surface area contributed by atoms with Crippen molar-refractivity contribution in [3.8, 4) is 18.1 Å². The van der Waals surface area contributed by atoms with Crippen molar-refractivity contribution in [3.05, 3.63) is 84.0 Å². The number of rotatable bonds is 15. The van der Waals surface area contributed by atoms with Gasteiger partial charge in [-0.25, -0.2) is 8.42 Å². The second-order valence-corrected chi connectivity index (χ2v) is 10.2. The number of nitrogens with zero attached hydrogens (tertiary/aromatic N) is 2. The van der Waals surface area contributed by atoms with Crippen LogP contribution in [-0.4, -0.2) is 44.6 Å². The van der Waals surface area contributed by atoms with Gasteiger partial charge in [-0.2, -0.15) is 4.72 Å². The fourth-order valence-corrected chi connectivity index (χ4v) is 4.52. The van der Waals surface area contributed by atoms with E-state index in [2.05, 4.69) is 28.8 Å². The molecule has 0 radical (unpaired) electrons.